The lowest BCUT2D eigenvalue weighted by Crippen LogP contribution is -2.71. The highest BCUT2D eigenvalue weighted by atomic mass is 16.8. The molecule has 0 radical (unpaired) electrons. The second kappa shape index (κ2) is 16.2. The largest absolute Gasteiger partial charge is 0.394 e. The minimum Gasteiger partial charge on any atom is -0.394 e. The van der Waals surface area contributed by atoms with Crippen LogP contribution in [0.4, 0.5) is 0 Å². The Bertz CT molecular complexity index is 1010. The van der Waals surface area contributed by atoms with Gasteiger partial charge in [-0.25, -0.2) is 0 Å². The predicted octanol–water partition coefficient (Wildman–Crippen LogP) is -8.58. The van der Waals surface area contributed by atoms with Crippen molar-refractivity contribution in [3.05, 3.63) is 0 Å². The summed E-state index contributed by atoms with van der Waals surface area (Å²) in [6.07, 6.45) is -32.5. The third kappa shape index (κ3) is 8.04. The first-order chi connectivity index (χ1) is 22.1. The molecule has 20 atom stereocenters. The molecule has 4 aliphatic heterocycles. The van der Waals surface area contributed by atoms with Crippen LogP contribution in [0, 0.1) is 0 Å². The fourth-order valence-corrected chi connectivity index (χ4v) is 5.89. The number of hydrogen-bond donors (Lipinski definition) is 13. The van der Waals surface area contributed by atoms with Gasteiger partial charge in [-0.2, -0.15) is 0 Å². The van der Waals surface area contributed by atoms with E-state index in [1.807, 2.05) is 0 Å². The summed E-state index contributed by atoms with van der Waals surface area (Å²) in [5, 5.41) is 126. The summed E-state index contributed by atoms with van der Waals surface area (Å²) in [6, 6.07) is -1.59. The minimum atomic E-state index is -1.96. The zero-order valence-electron chi connectivity index (χ0n) is 25.3. The highest BCUT2D eigenvalue weighted by Crippen LogP contribution is 2.35. The first kappa shape index (κ1) is 38.5. The Morgan fingerprint density at radius 3 is 1.62 bits per heavy atom. The highest BCUT2D eigenvalue weighted by Gasteiger charge is 2.56. The summed E-state index contributed by atoms with van der Waals surface area (Å²) >= 11 is 0. The van der Waals surface area contributed by atoms with Gasteiger partial charge in [0.2, 0.25) is 5.91 Å². The third-order valence-corrected chi connectivity index (χ3v) is 8.57. The van der Waals surface area contributed by atoms with Crippen molar-refractivity contribution in [2.75, 3.05) is 19.8 Å². The molecule has 1 amide bonds. The quantitative estimate of drug-likeness (QED) is 0.101. The molecule has 4 aliphatic rings. The molecule has 0 aliphatic carbocycles. The van der Waals surface area contributed by atoms with E-state index in [9.17, 15) is 66.1 Å². The van der Waals surface area contributed by atoms with E-state index in [4.69, 9.17) is 33.2 Å². The van der Waals surface area contributed by atoms with E-state index in [2.05, 4.69) is 5.32 Å². The van der Waals surface area contributed by atoms with Crippen LogP contribution in [0.5, 0.6) is 0 Å². The Morgan fingerprint density at radius 1 is 0.553 bits per heavy atom. The van der Waals surface area contributed by atoms with Crippen LogP contribution < -0.4 is 5.32 Å². The van der Waals surface area contributed by atoms with Crippen molar-refractivity contribution in [1.29, 1.82) is 0 Å². The van der Waals surface area contributed by atoms with Gasteiger partial charge in [0.05, 0.1) is 25.9 Å². The second-order valence-corrected chi connectivity index (χ2v) is 11.9. The molecule has 13 N–H and O–H groups in total. The van der Waals surface area contributed by atoms with E-state index < -0.39 is 148 Å². The number of aliphatic hydroxyl groups excluding tert-OH is 12. The van der Waals surface area contributed by atoms with Gasteiger partial charge >= 0.3 is 0 Å². The molecule has 0 aromatic rings. The highest BCUT2D eigenvalue weighted by molar-refractivity contribution is 5.73. The van der Waals surface area contributed by atoms with Crippen LogP contribution in [0.3, 0.4) is 0 Å². The molecule has 0 bridgehead atoms. The zero-order chi connectivity index (χ0) is 34.9. The van der Waals surface area contributed by atoms with Crippen LogP contribution in [0.15, 0.2) is 0 Å². The van der Waals surface area contributed by atoms with Gasteiger partial charge in [0, 0.05) is 6.92 Å². The van der Waals surface area contributed by atoms with Gasteiger partial charge in [0.15, 0.2) is 25.2 Å². The summed E-state index contributed by atoms with van der Waals surface area (Å²) in [6.45, 7) is -0.152. The Labute approximate surface area is 267 Å². The number of aliphatic hydroxyl groups is 12. The molecular formula is C26H45NO20. The third-order valence-electron chi connectivity index (χ3n) is 8.57. The van der Waals surface area contributed by atoms with Gasteiger partial charge < -0.3 is 99.8 Å². The molecule has 21 nitrogen and oxygen atoms in total. The van der Waals surface area contributed by atoms with Crippen LogP contribution >= 0.6 is 0 Å². The van der Waals surface area contributed by atoms with E-state index in [0.29, 0.717) is 0 Å². The number of hydrogen-bond acceptors (Lipinski definition) is 20. The van der Waals surface area contributed by atoms with E-state index in [0.717, 1.165) is 6.92 Å². The standard InChI is InChI=1S/C26H45NO20/c1-6-12(32)14(34)18(38)25(41-6)47-22-11(27-7(2)31)24(45-20-9(4-29)42-23(40)17(37)16(20)36)44-10(5-30)21(22)46-26-19(39)15(35)13(33)8(3-28)43-26/h6,8-26,28-30,32-40H,3-5H2,1-2H3,(H,27,31)/t6-,8+,9+,10+,11+,12+,13-,14+,15-,16+,17+,18-,19+,20+,21+,22+,23-,24-,25-,26-/m0/s1. The number of ether oxygens (including phenoxy) is 7. The van der Waals surface area contributed by atoms with E-state index in [1.165, 1.54) is 6.92 Å². The normalized spacial score (nSPS) is 51.0. The van der Waals surface area contributed by atoms with Crippen molar-refractivity contribution in [2.45, 2.75) is 137 Å². The molecule has 4 heterocycles. The molecule has 0 spiro atoms. The SMILES string of the molecule is CC(=O)N[C@H]1[C@H](O[C@H]2[C@H](O)[C@@H](O)[C@@H](O)O[C@@H]2CO)O[C@H](CO)[C@@H](O[C@@H]2O[C@H](CO)[C@H](O)[C@H](O)[C@H]2O)[C@@H]1O[C@@H]1O[C@@H](C)[C@@H](O)[C@@H](O)[C@@H]1O. The molecule has 0 aromatic carbocycles. The Balaban J connectivity index is 1.73. The molecule has 274 valence electrons. The molecule has 0 saturated carbocycles. The monoisotopic (exact) mass is 691 g/mol. The van der Waals surface area contributed by atoms with Gasteiger partial charge in [-0.1, -0.05) is 0 Å². The summed E-state index contributed by atoms with van der Waals surface area (Å²) in [5.74, 6) is -0.751. The smallest absolute Gasteiger partial charge is 0.217 e. The molecular weight excluding hydrogens is 646 g/mol. The van der Waals surface area contributed by atoms with Crippen molar-refractivity contribution < 1.29 is 99.2 Å². The fourth-order valence-electron chi connectivity index (χ4n) is 5.89. The summed E-state index contributed by atoms with van der Waals surface area (Å²) in [7, 11) is 0. The molecule has 0 unspecified atom stereocenters. The molecule has 21 heteroatoms. The van der Waals surface area contributed by atoms with E-state index >= 15 is 0 Å². The van der Waals surface area contributed by atoms with Gasteiger partial charge in [0.25, 0.3) is 0 Å². The van der Waals surface area contributed by atoms with Crippen LogP contribution in [-0.2, 0) is 38.0 Å². The first-order valence-corrected chi connectivity index (χ1v) is 15.0. The maximum absolute atomic E-state index is 12.5. The Kier molecular flexibility index (Phi) is 13.2. The molecule has 4 fully saturated rings. The zero-order valence-corrected chi connectivity index (χ0v) is 25.3. The molecule has 4 rings (SSSR count). The van der Waals surface area contributed by atoms with Crippen molar-refractivity contribution in [1.82, 2.24) is 5.32 Å². The van der Waals surface area contributed by atoms with Gasteiger partial charge in [-0.05, 0) is 6.92 Å². The first-order valence-electron chi connectivity index (χ1n) is 15.0. The number of carbonyl (C=O) groups excluding carboxylic acids is 1. The van der Waals surface area contributed by atoms with Gasteiger partial charge in [0.1, 0.15) is 91.5 Å². The lowest BCUT2D eigenvalue weighted by Gasteiger charge is -2.51. The predicted molar refractivity (Wildman–Crippen MR) is 144 cm³/mol. The maximum atomic E-state index is 12.5. The number of carbonyl (C=O) groups is 1. The van der Waals surface area contributed by atoms with Crippen LogP contribution in [0.1, 0.15) is 13.8 Å². The number of amides is 1. The molecule has 4 saturated heterocycles. The van der Waals surface area contributed by atoms with E-state index in [1.54, 1.807) is 0 Å². The van der Waals surface area contributed by atoms with Crippen LogP contribution in [-0.4, -0.2) is 210 Å². The maximum Gasteiger partial charge on any atom is 0.217 e. The fraction of sp³-hybridized carbons (Fsp3) is 0.962. The summed E-state index contributed by atoms with van der Waals surface area (Å²) < 4.78 is 39.8. The Hall–Kier alpha value is -1.29. The molecule has 47 heavy (non-hydrogen) atoms. The topological polar surface area (TPSA) is 336 Å². The molecule has 0 aromatic heterocycles. The average Bonchev–Trinajstić information content (AvgIpc) is 3.04. The van der Waals surface area contributed by atoms with Crippen molar-refractivity contribution in [2.24, 2.45) is 0 Å². The summed E-state index contributed by atoms with van der Waals surface area (Å²) in [5.41, 5.74) is 0. The van der Waals surface area contributed by atoms with Gasteiger partial charge in [-0.15, -0.1) is 0 Å². The average molecular weight is 692 g/mol. The van der Waals surface area contributed by atoms with E-state index in [-0.39, 0.29) is 0 Å². The lowest BCUT2D eigenvalue weighted by molar-refractivity contribution is -0.384. The second-order valence-electron chi connectivity index (χ2n) is 11.9. The van der Waals surface area contributed by atoms with Crippen LogP contribution in [0.2, 0.25) is 0 Å². The Morgan fingerprint density at radius 2 is 1.04 bits per heavy atom. The van der Waals surface area contributed by atoms with Crippen LogP contribution in [0.25, 0.3) is 0 Å². The minimum absolute atomic E-state index is 0.751. The summed E-state index contributed by atoms with van der Waals surface area (Å²) in [4.78, 5) is 12.5. The number of nitrogens with one attached hydrogen (secondary N) is 1. The van der Waals surface area contributed by atoms with Crippen molar-refractivity contribution >= 4 is 5.91 Å². The van der Waals surface area contributed by atoms with Crippen molar-refractivity contribution in [3.8, 4) is 0 Å². The number of rotatable bonds is 10. The lowest BCUT2D eigenvalue weighted by atomic mass is 9.93. The van der Waals surface area contributed by atoms with Crippen molar-refractivity contribution in [3.63, 3.8) is 0 Å². The van der Waals surface area contributed by atoms with Gasteiger partial charge in [-0.3, -0.25) is 4.79 Å².